The van der Waals surface area contributed by atoms with Crippen LogP contribution in [0.3, 0.4) is 0 Å². The van der Waals surface area contributed by atoms with Crippen molar-refractivity contribution in [1.29, 1.82) is 0 Å². The van der Waals surface area contributed by atoms with Crippen molar-refractivity contribution in [2.45, 2.75) is 18.5 Å². The Morgan fingerprint density at radius 2 is 2.13 bits per heavy atom. The molecule has 118 valence electrons. The zero-order valence-corrected chi connectivity index (χ0v) is 15.6. The van der Waals surface area contributed by atoms with E-state index in [1.807, 2.05) is 29.9 Å². The standard InChI is InChI=1S/C13H15N3O5S.Na/c1-14-7-2-3-9(14)4-5-11(17)15-8-6-10-12(15)13(18)16(10)22(19,20)21;/h2-5,7,10,12H,6,8H2,1H3,(H,19,20,21);/q;+1/p-1/b5-4+;/t10-,12+;/m1./s1. The van der Waals surface area contributed by atoms with Crippen LogP contribution >= 0.6 is 0 Å². The Morgan fingerprint density at radius 1 is 1.43 bits per heavy atom. The number of β-lactam (4-membered cyclic amide) rings is 1. The second-order valence-corrected chi connectivity index (χ2v) is 6.55. The molecular weight excluding hydrogens is 333 g/mol. The number of likely N-dealkylation sites (tertiary alicyclic amines) is 1. The molecule has 0 aromatic carbocycles. The second kappa shape index (κ2) is 6.40. The summed E-state index contributed by atoms with van der Waals surface area (Å²) in [7, 11) is -2.96. The summed E-state index contributed by atoms with van der Waals surface area (Å²) in [4.78, 5) is 25.3. The molecule has 3 heterocycles. The van der Waals surface area contributed by atoms with Crippen molar-refractivity contribution in [2.24, 2.45) is 7.05 Å². The molecule has 1 aromatic rings. The van der Waals surface area contributed by atoms with E-state index < -0.39 is 28.3 Å². The van der Waals surface area contributed by atoms with Gasteiger partial charge in [-0.2, -0.15) is 0 Å². The predicted molar refractivity (Wildman–Crippen MR) is 74.9 cm³/mol. The summed E-state index contributed by atoms with van der Waals surface area (Å²) in [5.41, 5.74) is 0.827. The number of rotatable bonds is 3. The molecule has 0 aliphatic carbocycles. The van der Waals surface area contributed by atoms with Gasteiger partial charge in [0.2, 0.25) is 5.91 Å². The first kappa shape index (κ1) is 18.2. The van der Waals surface area contributed by atoms with E-state index in [1.165, 1.54) is 11.0 Å². The minimum atomic E-state index is -4.80. The third kappa shape index (κ3) is 3.11. The molecule has 2 fully saturated rings. The summed E-state index contributed by atoms with van der Waals surface area (Å²) in [6.45, 7) is 0.253. The third-order valence-electron chi connectivity index (χ3n) is 4.04. The zero-order chi connectivity index (χ0) is 16.1. The number of carbonyl (C=O) groups is 2. The molecule has 3 rings (SSSR count). The summed E-state index contributed by atoms with van der Waals surface area (Å²) in [5.74, 6) is -1.19. The van der Waals surface area contributed by atoms with E-state index in [1.54, 1.807) is 6.08 Å². The Hall–Kier alpha value is -1.13. The SMILES string of the molecule is Cn1cccc1/C=C/C(=O)N1CC[C@@H]2[C@H]1C(=O)N2S(=O)(=O)[O-].[Na+]. The molecule has 2 aliphatic rings. The first-order chi connectivity index (χ1) is 10.3. The number of carbonyl (C=O) groups excluding carboxylic acids is 2. The number of amides is 2. The van der Waals surface area contributed by atoms with Gasteiger partial charge in [0, 0.05) is 31.6 Å². The average Bonchev–Trinajstić information content (AvgIpc) is 2.98. The van der Waals surface area contributed by atoms with Gasteiger partial charge in [0.25, 0.3) is 5.91 Å². The van der Waals surface area contributed by atoms with Gasteiger partial charge in [-0.15, -0.1) is 0 Å². The maximum atomic E-state index is 12.2. The van der Waals surface area contributed by atoms with Crippen molar-refractivity contribution in [3.63, 3.8) is 0 Å². The normalized spacial score (nSPS) is 23.7. The predicted octanol–water partition coefficient (Wildman–Crippen LogP) is -3.69. The first-order valence-electron chi connectivity index (χ1n) is 6.70. The number of hydrogen-bond donors (Lipinski definition) is 0. The van der Waals surface area contributed by atoms with Crippen LogP contribution in [0.1, 0.15) is 12.1 Å². The van der Waals surface area contributed by atoms with Gasteiger partial charge in [0.15, 0.2) is 10.3 Å². The molecule has 10 heteroatoms. The Morgan fingerprint density at radius 3 is 2.70 bits per heavy atom. The molecule has 0 N–H and O–H groups in total. The maximum absolute atomic E-state index is 12.2. The molecule has 0 radical (unpaired) electrons. The fourth-order valence-electron chi connectivity index (χ4n) is 2.95. The number of fused-ring (bicyclic) bond motifs is 1. The van der Waals surface area contributed by atoms with Crippen molar-refractivity contribution in [2.75, 3.05) is 6.54 Å². The summed E-state index contributed by atoms with van der Waals surface area (Å²) >= 11 is 0. The van der Waals surface area contributed by atoms with E-state index in [2.05, 4.69) is 0 Å². The van der Waals surface area contributed by atoms with E-state index >= 15 is 0 Å². The quantitative estimate of drug-likeness (QED) is 0.242. The Balaban J connectivity index is 0.00000192. The molecule has 0 saturated carbocycles. The Labute approximate surface area is 155 Å². The smallest absolute Gasteiger partial charge is 0.731 e. The van der Waals surface area contributed by atoms with E-state index in [9.17, 15) is 22.6 Å². The minimum absolute atomic E-state index is 0. The van der Waals surface area contributed by atoms with Gasteiger partial charge in [-0.1, -0.05) is 0 Å². The van der Waals surface area contributed by atoms with E-state index in [-0.39, 0.29) is 42.0 Å². The summed E-state index contributed by atoms with van der Waals surface area (Å²) in [6.07, 6.45) is 5.10. The largest absolute Gasteiger partial charge is 1.00 e. The molecule has 0 spiro atoms. The van der Waals surface area contributed by atoms with Crippen molar-refractivity contribution >= 4 is 28.2 Å². The molecule has 2 saturated heterocycles. The van der Waals surface area contributed by atoms with Crippen LogP contribution in [0.4, 0.5) is 0 Å². The van der Waals surface area contributed by atoms with Crippen LogP contribution in [-0.4, -0.2) is 57.2 Å². The molecule has 0 unspecified atom stereocenters. The molecular formula is C13H14N3NaO5S. The fourth-order valence-corrected chi connectivity index (χ4v) is 3.83. The number of aromatic nitrogens is 1. The third-order valence-corrected chi connectivity index (χ3v) is 4.97. The van der Waals surface area contributed by atoms with Crippen LogP contribution in [0.25, 0.3) is 6.08 Å². The molecule has 2 amide bonds. The second-order valence-electron chi connectivity index (χ2n) is 5.30. The van der Waals surface area contributed by atoms with Crippen LogP contribution in [0.2, 0.25) is 0 Å². The number of hydrogen-bond acceptors (Lipinski definition) is 5. The van der Waals surface area contributed by atoms with Gasteiger partial charge >= 0.3 is 29.6 Å². The molecule has 1 aromatic heterocycles. The first-order valence-corrected chi connectivity index (χ1v) is 8.06. The van der Waals surface area contributed by atoms with Crippen LogP contribution in [-0.2, 0) is 26.9 Å². The molecule has 0 bridgehead atoms. The minimum Gasteiger partial charge on any atom is -0.731 e. The van der Waals surface area contributed by atoms with Crippen molar-refractivity contribution < 1.29 is 52.1 Å². The van der Waals surface area contributed by atoms with E-state index in [4.69, 9.17) is 0 Å². The monoisotopic (exact) mass is 347 g/mol. The van der Waals surface area contributed by atoms with Crippen LogP contribution < -0.4 is 29.6 Å². The van der Waals surface area contributed by atoms with Gasteiger partial charge in [-0.3, -0.25) is 9.59 Å². The fraction of sp³-hybridized carbons (Fsp3) is 0.385. The maximum Gasteiger partial charge on any atom is 1.00 e. The summed E-state index contributed by atoms with van der Waals surface area (Å²) in [5, 5.41) is 0. The van der Waals surface area contributed by atoms with Crippen molar-refractivity contribution in [1.82, 2.24) is 13.8 Å². The Bertz CT molecular complexity index is 772. The molecule has 8 nitrogen and oxygen atoms in total. The summed E-state index contributed by atoms with van der Waals surface area (Å²) < 4.78 is 35.1. The van der Waals surface area contributed by atoms with Crippen molar-refractivity contribution in [3.05, 3.63) is 30.1 Å². The van der Waals surface area contributed by atoms with Gasteiger partial charge in [0.05, 0.1) is 6.04 Å². The number of nitrogens with zero attached hydrogens (tertiary/aromatic N) is 3. The molecule has 23 heavy (non-hydrogen) atoms. The van der Waals surface area contributed by atoms with Crippen LogP contribution in [0.5, 0.6) is 0 Å². The summed E-state index contributed by atoms with van der Waals surface area (Å²) in [6, 6.07) is 2.11. The van der Waals surface area contributed by atoms with Gasteiger partial charge in [-0.05, 0) is 24.6 Å². The van der Waals surface area contributed by atoms with Gasteiger partial charge < -0.3 is 14.0 Å². The molecule has 2 atom stereocenters. The van der Waals surface area contributed by atoms with E-state index in [0.29, 0.717) is 10.7 Å². The topological polar surface area (TPSA) is 103 Å². The molecule has 2 aliphatic heterocycles. The average molecular weight is 347 g/mol. The van der Waals surface area contributed by atoms with Gasteiger partial charge in [0.1, 0.15) is 6.04 Å². The Kier molecular flexibility index (Phi) is 5.07. The van der Waals surface area contributed by atoms with Crippen LogP contribution in [0, 0.1) is 0 Å². The van der Waals surface area contributed by atoms with Crippen molar-refractivity contribution in [3.8, 4) is 0 Å². The van der Waals surface area contributed by atoms with Crippen LogP contribution in [0.15, 0.2) is 24.4 Å². The number of aryl methyl sites for hydroxylation is 1. The van der Waals surface area contributed by atoms with Gasteiger partial charge in [-0.25, -0.2) is 12.7 Å². The zero-order valence-electron chi connectivity index (χ0n) is 12.7. The van der Waals surface area contributed by atoms with E-state index in [0.717, 1.165) is 5.69 Å².